The third-order valence-electron chi connectivity index (χ3n) is 6.28. The van der Waals surface area contributed by atoms with E-state index in [0.29, 0.717) is 43.0 Å². The molecule has 2 saturated heterocycles. The number of hydrogen-bond acceptors (Lipinski definition) is 6. The van der Waals surface area contributed by atoms with Gasteiger partial charge in [-0.05, 0) is 0 Å². The lowest BCUT2D eigenvalue weighted by Gasteiger charge is -2.29. The fourth-order valence-corrected chi connectivity index (χ4v) is 4.71. The van der Waals surface area contributed by atoms with Gasteiger partial charge in [0.2, 0.25) is 18.3 Å². The van der Waals surface area contributed by atoms with E-state index in [1.165, 1.54) is 0 Å². The summed E-state index contributed by atoms with van der Waals surface area (Å²) in [5.41, 5.74) is 0.252. The minimum Gasteiger partial charge on any atom is -0.354 e. The fourth-order valence-electron chi connectivity index (χ4n) is 4.50. The highest BCUT2D eigenvalue weighted by molar-refractivity contribution is 6.32. The van der Waals surface area contributed by atoms with Gasteiger partial charge in [-0.3, -0.25) is 9.48 Å². The Labute approximate surface area is 178 Å². The number of nitrogens with zero attached hydrogens (tertiary/aromatic N) is 6. The van der Waals surface area contributed by atoms with Crippen molar-refractivity contribution in [3.8, 4) is 0 Å². The highest BCUT2D eigenvalue weighted by atomic mass is 35.5. The van der Waals surface area contributed by atoms with E-state index >= 15 is 0 Å². The van der Waals surface area contributed by atoms with Crippen molar-refractivity contribution in [2.75, 3.05) is 36.4 Å². The lowest BCUT2D eigenvalue weighted by molar-refractivity contribution is -0.133. The Hall–Kier alpha value is -2.49. The monoisotopic (exact) mass is 439 g/mol. The molecule has 0 aromatic carbocycles. The summed E-state index contributed by atoms with van der Waals surface area (Å²) in [6, 6.07) is 0. The molecule has 1 N–H and O–H groups in total. The lowest BCUT2D eigenvalue weighted by Crippen LogP contribution is -2.36. The SMILES string of the molecule is Cn1cc(Nc2ncc(Cl)c(N3C[C@]4(C)CN(C(=O)CC(F)F)C[C@]4(C)C3)n2)cn1. The second-order valence-electron chi connectivity index (χ2n) is 8.72. The third kappa shape index (κ3) is 3.68. The van der Waals surface area contributed by atoms with Crippen molar-refractivity contribution in [2.24, 2.45) is 17.9 Å². The number of nitrogens with one attached hydrogen (secondary N) is 1. The standard InChI is InChI=1S/C19H24ClF2N7O/c1-18-8-28(15(30)4-14(21)22)9-19(18,2)11-29(10-18)16-13(20)6-23-17(26-16)25-12-5-24-27(3)7-12/h5-7,14H,4,8-11H2,1-3H3,(H,23,25,26)/t18-,19+. The van der Waals surface area contributed by atoms with Gasteiger partial charge in [0.25, 0.3) is 0 Å². The number of amides is 1. The number of likely N-dealkylation sites (tertiary alicyclic amines) is 1. The molecule has 2 aromatic heterocycles. The molecule has 0 bridgehead atoms. The highest BCUT2D eigenvalue weighted by Crippen LogP contribution is 2.53. The first-order chi connectivity index (χ1) is 14.1. The fraction of sp³-hybridized carbons (Fsp3) is 0.579. The minimum atomic E-state index is -2.62. The van der Waals surface area contributed by atoms with E-state index in [-0.39, 0.29) is 10.8 Å². The number of hydrogen-bond donors (Lipinski definition) is 1. The smallest absolute Gasteiger partial charge is 0.247 e. The average Bonchev–Trinajstić information content (AvgIpc) is 3.24. The third-order valence-corrected chi connectivity index (χ3v) is 6.55. The molecule has 8 nitrogen and oxygen atoms in total. The maximum atomic E-state index is 12.6. The normalized spacial score (nSPS) is 25.8. The van der Waals surface area contributed by atoms with E-state index in [9.17, 15) is 13.6 Å². The van der Waals surface area contributed by atoms with Crippen LogP contribution in [0.15, 0.2) is 18.6 Å². The van der Waals surface area contributed by atoms with Crippen molar-refractivity contribution in [3.05, 3.63) is 23.6 Å². The maximum absolute atomic E-state index is 12.6. The van der Waals surface area contributed by atoms with Crippen LogP contribution in [0.3, 0.4) is 0 Å². The first-order valence-corrected chi connectivity index (χ1v) is 10.1. The molecule has 162 valence electrons. The molecule has 2 aromatic rings. The second kappa shape index (κ2) is 7.33. The Balaban J connectivity index is 1.52. The average molecular weight is 440 g/mol. The van der Waals surface area contributed by atoms with Crippen LogP contribution in [0.4, 0.5) is 26.2 Å². The van der Waals surface area contributed by atoms with E-state index in [0.717, 1.165) is 5.69 Å². The molecule has 2 aliphatic heterocycles. The van der Waals surface area contributed by atoms with Crippen LogP contribution < -0.4 is 10.2 Å². The summed E-state index contributed by atoms with van der Waals surface area (Å²) in [7, 11) is 1.82. The van der Waals surface area contributed by atoms with Gasteiger partial charge in [0.15, 0.2) is 5.82 Å². The zero-order valence-corrected chi connectivity index (χ0v) is 17.8. The van der Waals surface area contributed by atoms with E-state index in [1.54, 1.807) is 22.0 Å². The van der Waals surface area contributed by atoms with Gasteiger partial charge in [-0.2, -0.15) is 10.1 Å². The molecule has 11 heteroatoms. The lowest BCUT2D eigenvalue weighted by atomic mass is 9.71. The predicted molar refractivity (Wildman–Crippen MR) is 109 cm³/mol. The number of aryl methyl sites for hydroxylation is 1. The van der Waals surface area contributed by atoms with Crippen molar-refractivity contribution >= 4 is 35.0 Å². The summed E-state index contributed by atoms with van der Waals surface area (Å²) in [6.45, 7) is 6.29. The van der Waals surface area contributed by atoms with Gasteiger partial charge in [0.05, 0.1) is 24.5 Å². The number of halogens is 3. The van der Waals surface area contributed by atoms with Crippen molar-refractivity contribution in [1.82, 2.24) is 24.6 Å². The van der Waals surface area contributed by atoms with Crippen molar-refractivity contribution in [3.63, 3.8) is 0 Å². The summed E-state index contributed by atoms with van der Waals surface area (Å²) in [5.74, 6) is 0.528. The van der Waals surface area contributed by atoms with E-state index in [4.69, 9.17) is 11.6 Å². The van der Waals surface area contributed by atoms with Crippen LogP contribution in [-0.4, -0.2) is 63.2 Å². The van der Waals surface area contributed by atoms with E-state index < -0.39 is 18.8 Å². The summed E-state index contributed by atoms with van der Waals surface area (Å²) < 4.78 is 27.0. The minimum absolute atomic E-state index is 0.254. The quantitative estimate of drug-likeness (QED) is 0.771. The molecule has 2 atom stereocenters. The molecule has 4 rings (SSSR count). The van der Waals surface area contributed by atoms with Crippen LogP contribution in [0.5, 0.6) is 0 Å². The number of carbonyl (C=O) groups excluding carboxylic acids is 1. The van der Waals surface area contributed by atoms with Crippen molar-refractivity contribution < 1.29 is 13.6 Å². The highest BCUT2D eigenvalue weighted by Gasteiger charge is 2.58. The van der Waals surface area contributed by atoms with Gasteiger partial charge >= 0.3 is 0 Å². The molecule has 2 fully saturated rings. The summed E-state index contributed by atoms with van der Waals surface area (Å²) in [4.78, 5) is 24.7. The zero-order chi connectivity index (χ0) is 21.7. The number of rotatable bonds is 5. The first kappa shape index (κ1) is 20.8. The molecule has 0 spiro atoms. The Morgan fingerprint density at radius 1 is 1.23 bits per heavy atom. The molecule has 0 saturated carbocycles. The molecular weight excluding hydrogens is 416 g/mol. The number of anilines is 3. The summed E-state index contributed by atoms with van der Waals surface area (Å²) in [6.07, 6.45) is 1.69. The van der Waals surface area contributed by atoms with Gasteiger partial charge in [-0.1, -0.05) is 25.4 Å². The largest absolute Gasteiger partial charge is 0.354 e. The predicted octanol–water partition coefficient (Wildman–Crippen LogP) is 2.94. The molecule has 0 aliphatic carbocycles. The molecular formula is C19H24ClF2N7O. The number of aromatic nitrogens is 4. The molecule has 30 heavy (non-hydrogen) atoms. The van der Waals surface area contributed by atoms with E-state index in [1.807, 2.05) is 13.2 Å². The Bertz CT molecular complexity index is 950. The number of fused-ring (bicyclic) bond motifs is 1. The Morgan fingerprint density at radius 2 is 1.90 bits per heavy atom. The van der Waals surface area contributed by atoms with Gasteiger partial charge in [0, 0.05) is 50.3 Å². The van der Waals surface area contributed by atoms with Crippen LogP contribution in [0.2, 0.25) is 5.02 Å². The van der Waals surface area contributed by atoms with Crippen molar-refractivity contribution in [2.45, 2.75) is 26.7 Å². The topological polar surface area (TPSA) is 79.2 Å². The molecule has 0 unspecified atom stereocenters. The van der Waals surface area contributed by atoms with Gasteiger partial charge < -0.3 is 15.1 Å². The number of alkyl halides is 2. The van der Waals surface area contributed by atoms with Crippen LogP contribution in [-0.2, 0) is 11.8 Å². The van der Waals surface area contributed by atoms with E-state index in [2.05, 4.69) is 39.1 Å². The van der Waals surface area contributed by atoms with Crippen LogP contribution >= 0.6 is 11.6 Å². The van der Waals surface area contributed by atoms with Crippen LogP contribution in [0.25, 0.3) is 0 Å². The number of carbonyl (C=O) groups is 1. The molecule has 4 heterocycles. The Kier molecular flexibility index (Phi) is 5.08. The van der Waals surface area contributed by atoms with Gasteiger partial charge in [-0.15, -0.1) is 0 Å². The Morgan fingerprint density at radius 3 is 2.47 bits per heavy atom. The second-order valence-corrected chi connectivity index (χ2v) is 9.12. The maximum Gasteiger partial charge on any atom is 0.247 e. The van der Waals surface area contributed by atoms with Gasteiger partial charge in [-0.25, -0.2) is 13.8 Å². The van der Waals surface area contributed by atoms with Crippen LogP contribution in [0, 0.1) is 10.8 Å². The van der Waals surface area contributed by atoms with Crippen molar-refractivity contribution in [1.29, 1.82) is 0 Å². The summed E-state index contributed by atoms with van der Waals surface area (Å²) >= 11 is 6.41. The first-order valence-electron chi connectivity index (χ1n) is 9.68. The van der Waals surface area contributed by atoms with Gasteiger partial charge in [0.1, 0.15) is 5.02 Å². The zero-order valence-electron chi connectivity index (χ0n) is 17.1. The molecule has 1 amide bonds. The molecule has 2 aliphatic rings. The molecule has 0 radical (unpaired) electrons. The van der Waals surface area contributed by atoms with Crippen LogP contribution in [0.1, 0.15) is 20.3 Å². The summed E-state index contributed by atoms with van der Waals surface area (Å²) in [5, 5.41) is 7.65.